The van der Waals surface area contributed by atoms with Crippen LogP contribution in [0.1, 0.15) is 23.6 Å². The summed E-state index contributed by atoms with van der Waals surface area (Å²) in [5.41, 5.74) is 9.47. The molecule has 4 N–H and O–H groups in total. The van der Waals surface area contributed by atoms with E-state index in [4.69, 9.17) is 22.3 Å². The van der Waals surface area contributed by atoms with Crippen LogP contribution in [0.15, 0.2) is 77.8 Å². The molecule has 0 saturated carbocycles. The number of anilines is 1. The molecule has 36 heavy (non-hydrogen) atoms. The first-order valence-corrected chi connectivity index (χ1v) is 12.2. The largest absolute Gasteiger partial charge is 0.391 e. The molecule has 1 aliphatic rings. The third-order valence-electron chi connectivity index (χ3n) is 6.60. The Hall–Kier alpha value is -3.26. The van der Waals surface area contributed by atoms with Crippen molar-refractivity contribution >= 4 is 28.9 Å². The quantitative estimate of drug-likeness (QED) is 0.453. The second-order valence-corrected chi connectivity index (χ2v) is 9.54. The van der Waals surface area contributed by atoms with Gasteiger partial charge >= 0.3 is 0 Å². The van der Waals surface area contributed by atoms with Crippen LogP contribution in [0.2, 0.25) is 5.02 Å². The van der Waals surface area contributed by atoms with Crippen molar-refractivity contribution in [3.63, 3.8) is 0 Å². The van der Waals surface area contributed by atoms with E-state index in [1.165, 1.54) is 6.07 Å². The Balaban J connectivity index is 1.55. The van der Waals surface area contributed by atoms with Crippen LogP contribution in [-0.4, -0.2) is 48.6 Å². The van der Waals surface area contributed by atoms with E-state index < -0.39 is 30.0 Å². The molecule has 4 atom stereocenters. The molecule has 3 aromatic rings. The summed E-state index contributed by atoms with van der Waals surface area (Å²) in [5.74, 6) is -1.49. The van der Waals surface area contributed by atoms with Gasteiger partial charge in [0.2, 0.25) is 5.91 Å². The summed E-state index contributed by atoms with van der Waals surface area (Å²) in [7, 11) is 1.83. The molecule has 0 aromatic heterocycles. The van der Waals surface area contributed by atoms with Gasteiger partial charge in [0.25, 0.3) is 0 Å². The van der Waals surface area contributed by atoms with Gasteiger partial charge in [-0.1, -0.05) is 61.0 Å². The summed E-state index contributed by atoms with van der Waals surface area (Å²) >= 11 is 6.28. The molecule has 4 rings (SSSR count). The number of carbonyl (C=O) groups excluding carboxylic acids is 1. The zero-order valence-corrected chi connectivity index (χ0v) is 21.0. The van der Waals surface area contributed by atoms with Crippen LogP contribution < -0.4 is 16.0 Å². The molecule has 0 radical (unpaired) electrons. The molecule has 188 valence electrons. The zero-order valence-electron chi connectivity index (χ0n) is 20.2. The number of amides is 1. The monoisotopic (exact) mass is 508 g/mol. The van der Waals surface area contributed by atoms with Gasteiger partial charge in [-0.2, -0.15) is 0 Å². The van der Waals surface area contributed by atoms with E-state index in [0.717, 1.165) is 11.3 Å². The number of hydrogen-bond donors (Lipinski definition) is 3. The van der Waals surface area contributed by atoms with E-state index in [1.54, 1.807) is 37.3 Å². The van der Waals surface area contributed by atoms with E-state index in [9.17, 15) is 14.3 Å². The second-order valence-electron chi connectivity index (χ2n) is 9.10. The van der Waals surface area contributed by atoms with Gasteiger partial charge in [0.15, 0.2) is 0 Å². The number of aliphatic imine (C=N–C) groups is 1. The fourth-order valence-electron chi connectivity index (χ4n) is 4.41. The average Bonchev–Trinajstić information content (AvgIpc) is 3.00. The maximum absolute atomic E-state index is 14.7. The lowest BCUT2D eigenvalue weighted by Crippen LogP contribution is -2.53. The standard InChI is InChI=1S/C28H30ClFN4O2/c1-17(27(35)23(31)14-18-8-4-3-5-9-18)28(36)33-25-16-32-26(20-10-6-7-11-22(20)30)21-15-19(29)12-13-24(21)34(25)2/h3-13,15,17,23,25,27,35H,14,16,31H2,1-2H3,(H,33,36). The number of benzene rings is 3. The van der Waals surface area contributed by atoms with Gasteiger partial charge in [0.1, 0.15) is 12.0 Å². The van der Waals surface area contributed by atoms with Crippen LogP contribution in [-0.2, 0) is 11.2 Å². The number of likely N-dealkylation sites (N-methyl/N-ethyl adjacent to an activating group) is 1. The van der Waals surface area contributed by atoms with Gasteiger partial charge in [0, 0.05) is 34.9 Å². The highest BCUT2D eigenvalue weighted by molar-refractivity contribution is 6.31. The third kappa shape index (κ3) is 5.59. The molecule has 3 aromatic carbocycles. The number of carbonyl (C=O) groups is 1. The van der Waals surface area contributed by atoms with Crippen molar-refractivity contribution in [3.8, 4) is 0 Å². The van der Waals surface area contributed by atoms with E-state index >= 15 is 0 Å². The summed E-state index contributed by atoms with van der Waals surface area (Å²) in [6.07, 6.45) is -1.11. The number of aliphatic hydroxyl groups is 1. The summed E-state index contributed by atoms with van der Waals surface area (Å²) in [6.45, 7) is 1.83. The predicted molar refractivity (Wildman–Crippen MR) is 142 cm³/mol. The average molecular weight is 509 g/mol. The molecule has 0 saturated heterocycles. The molecule has 1 amide bonds. The molecular formula is C28H30ClFN4O2. The molecule has 8 heteroatoms. The minimum absolute atomic E-state index is 0.178. The van der Waals surface area contributed by atoms with Crippen LogP contribution in [0.4, 0.5) is 10.1 Å². The van der Waals surface area contributed by atoms with Crippen molar-refractivity contribution in [3.05, 3.63) is 100 Å². The number of benzodiazepines with no additional fused rings is 1. The highest BCUT2D eigenvalue weighted by Crippen LogP contribution is 2.30. The summed E-state index contributed by atoms with van der Waals surface area (Å²) < 4.78 is 14.7. The van der Waals surface area contributed by atoms with Crippen LogP contribution >= 0.6 is 11.6 Å². The molecule has 0 fully saturated rings. The lowest BCUT2D eigenvalue weighted by atomic mass is 9.93. The minimum Gasteiger partial charge on any atom is -0.391 e. The number of nitrogens with zero attached hydrogens (tertiary/aromatic N) is 2. The smallest absolute Gasteiger partial charge is 0.227 e. The van der Waals surface area contributed by atoms with Gasteiger partial charge < -0.3 is 21.1 Å². The highest BCUT2D eigenvalue weighted by atomic mass is 35.5. The summed E-state index contributed by atoms with van der Waals surface area (Å²) in [4.78, 5) is 19.7. The molecule has 0 aliphatic carbocycles. The Morgan fingerprint density at radius 1 is 1.17 bits per heavy atom. The van der Waals surface area contributed by atoms with Crippen molar-refractivity contribution in [1.82, 2.24) is 5.32 Å². The molecule has 1 aliphatic heterocycles. The lowest BCUT2D eigenvalue weighted by molar-refractivity contribution is -0.129. The minimum atomic E-state index is -1.04. The van der Waals surface area contributed by atoms with Crippen LogP contribution in [0.3, 0.4) is 0 Å². The van der Waals surface area contributed by atoms with E-state index in [1.807, 2.05) is 48.3 Å². The molecule has 0 bridgehead atoms. The van der Waals surface area contributed by atoms with Crippen molar-refractivity contribution in [2.45, 2.75) is 31.7 Å². The topological polar surface area (TPSA) is 91.0 Å². The Kier molecular flexibility index (Phi) is 8.04. The van der Waals surface area contributed by atoms with E-state index in [-0.39, 0.29) is 12.5 Å². The number of nitrogens with two attached hydrogens (primary N) is 1. The number of rotatable bonds is 7. The maximum atomic E-state index is 14.7. The van der Waals surface area contributed by atoms with Crippen LogP contribution in [0.5, 0.6) is 0 Å². The summed E-state index contributed by atoms with van der Waals surface area (Å²) in [5, 5.41) is 14.3. The summed E-state index contributed by atoms with van der Waals surface area (Å²) in [6, 6.07) is 20.8. The molecular weight excluding hydrogens is 479 g/mol. The molecule has 0 spiro atoms. The van der Waals surface area contributed by atoms with E-state index in [0.29, 0.717) is 28.3 Å². The fourth-order valence-corrected chi connectivity index (χ4v) is 4.59. The first kappa shape index (κ1) is 25.8. The van der Waals surface area contributed by atoms with Crippen LogP contribution in [0, 0.1) is 11.7 Å². The Morgan fingerprint density at radius 3 is 2.58 bits per heavy atom. The van der Waals surface area contributed by atoms with Crippen LogP contribution in [0.25, 0.3) is 0 Å². The number of fused-ring (bicyclic) bond motifs is 1. The number of aliphatic hydroxyl groups excluding tert-OH is 1. The zero-order chi connectivity index (χ0) is 25.8. The number of halogens is 2. The van der Waals surface area contributed by atoms with Gasteiger partial charge in [-0.3, -0.25) is 9.79 Å². The lowest BCUT2D eigenvalue weighted by Gasteiger charge is -2.31. The maximum Gasteiger partial charge on any atom is 0.227 e. The highest BCUT2D eigenvalue weighted by Gasteiger charge is 2.31. The fraction of sp³-hybridized carbons (Fsp3) is 0.286. The van der Waals surface area contributed by atoms with Crippen molar-refractivity contribution in [1.29, 1.82) is 0 Å². The Labute approximate surface area is 215 Å². The SMILES string of the molecule is CC(C(=O)NC1CN=C(c2ccccc2F)c2cc(Cl)ccc2N1C)C(O)C(N)Cc1ccccc1. The second kappa shape index (κ2) is 11.2. The number of nitrogens with one attached hydrogen (secondary N) is 1. The molecule has 1 heterocycles. The van der Waals surface area contributed by atoms with Crippen molar-refractivity contribution in [2.24, 2.45) is 16.6 Å². The Bertz CT molecular complexity index is 1250. The van der Waals surface area contributed by atoms with Gasteiger partial charge in [-0.15, -0.1) is 0 Å². The first-order chi connectivity index (χ1) is 17.3. The molecule has 4 unspecified atom stereocenters. The predicted octanol–water partition coefficient (Wildman–Crippen LogP) is 3.78. The van der Waals surface area contributed by atoms with Gasteiger partial charge in [0.05, 0.1) is 24.3 Å². The normalized spacial score (nSPS) is 17.9. The van der Waals surface area contributed by atoms with Gasteiger partial charge in [-0.05, 0) is 42.3 Å². The third-order valence-corrected chi connectivity index (χ3v) is 6.84. The number of hydrogen-bond acceptors (Lipinski definition) is 5. The van der Waals surface area contributed by atoms with E-state index in [2.05, 4.69) is 5.32 Å². The Morgan fingerprint density at radius 2 is 1.86 bits per heavy atom. The van der Waals surface area contributed by atoms with Crippen molar-refractivity contribution in [2.75, 3.05) is 18.5 Å². The van der Waals surface area contributed by atoms with Gasteiger partial charge in [-0.25, -0.2) is 4.39 Å². The van der Waals surface area contributed by atoms with Crippen molar-refractivity contribution < 1.29 is 14.3 Å². The first-order valence-electron chi connectivity index (χ1n) is 11.9. The molecule has 6 nitrogen and oxygen atoms in total.